The summed E-state index contributed by atoms with van der Waals surface area (Å²) < 4.78 is 5.10. The predicted octanol–water partition coefficient (Wildman–Crippen LogP) is 1.54. The largest absolute Gasteiger partial charge is 0.497 e. The van der Waals surface area contributed by atoms with Gasteiger partial charge in [0.1, 0.15) is 5.75 Å². The van der Waals surface area contributed by atoms with Gasteiger partial charge in [-0.1, -0.05) is 19.1 Å². The number of aryl methyl sites for hydroxylation is 1. The molecule has 4 N–H and O–H groups in total. The fraction of sp³-hybridized carbons (Fsp3) is 0.333. The number of anilines is 1. The maximum absolute atomic E-state index is 12.0. The molecule has 2 aromatic rings. The van der Waals surface area contributed by atoms with Crippen molar-refractivity contribution in [3.63, 3.8) is 0 Å². The van der Waals surface area contributed by atoms with Crippen LogP contribution in [0.3, 0.4) is 0 Å². The molecule has 1 amide bonds. The average molecular weight is 288 g/mol. The second-order valence-electron chi connectivity index (χ2n) is 4.67. The molecule has 0 atom stereocenters. The lowest BCUT2D eigenvalue weighted by Gasteiger charge is -2.05. The van der Waals surface area contributed by atoms with Gasteiger partial charge in [0.05, 0.1) is 18.5 Å². The molecular weight excluding hydrogens is 268 g/mol. The van der Waals surface area contributed by atoms with Gasteiger partial charge in [0.15, 0.2) is 5.69 Å². The van der Waals surface area contributed by atoms with Gasteiger partial charge < -0.3 is 15.8 Å². The van der Waals surface area contributed by atoms with E-state index in [9.17, 15) is 4.79 Å². The molecule has 1 aromatic carbocycles. The highest BCUT2D eigenvalue weighted by Gasteiger charge is 2.15. The van der Waals surface area contributed by atoms with Gasteiger partial charge in [0.25, 0.3) is 5.91 Å². The number of aromatic nitrogens is 2. The summed E-state index contributed by atoms with van der Waals surface area (Å²) in [5, 5.41) is 9.55. The Hall–Kier alpha value is -2.50. The molecule has 0 fully saturated rings. The van der Waals surface area contributed by atoms with E-state index in [0.29, 0.717) is 12.2 Å². The SMILES string of the molecule is CCc1[nH]nc(C(=O)NCCc2ccc(OC)cc2)c1N. The Bertz CT molecular complexity index is 605. The molecule has 0 radical (unpaired) electrons. The van der Waals surface area contributed by atoms with Gasteiger partial charge >= 0.3 is 0 Å². The summed E-state index contributed by atoms with van der Waals surface area (Å²) in [6.07, 6.45) is 1.46. The van der Waals surface area contributed by atoms with Crippen LogP contribution < -0.4 is 15.8 Å². The second-order valence-corrected chi connectivity index (χ2v) is 4.67. The van der Waals surface area contributed by atoms with Crippen LogP contribution in [0.2, 0.25) is 0 Å². The van der Waals surface area contributed by atoms with Crippen LogP contribution in [0.25, 0.3) is 0 Å². The number of amides is 1. The summed E-state index contributed by atoms with van der Waals surface area (Å²) in [5.41, 5.74) is 8.47. The first-order chi connectivity index (χ1) is 10.2. The first-order valence-electron chi connectivity index (χ1n) is 6.89. The number of nitrogen functional groups attached to an aromatic ring is 1. The number of nitrogens with zero attached hydrogens (tertiary/aromatic N) is 1. The minimum Gasteiger partial charge on any atom is -0.497 e. The minimum absolute atomic E-state index is 0.253. The lowest BCUT2D eigenvalue weighted by atomic mass is 10.1. The monoisotopic (exact) mass is 288 g/mol. The zero-order valence-corrected chi connectivity index (χ0v) is 12.3. The van der Waals surface area contributed by atoms with Crippen molar-refractivity contribution in [2.45, 2.75) is 19.8 Å². The van der Waals surface area contributed by atoms with Crippen molar-refractivity contribution in [3.8, 4) is 5.75 Å². The first kappa shape index (κ1) is 14.9. The van der Waals surface area contributed by atoms with E-state index in [1.165, 1.54) is 0 Å². The number of hydrogen-bond donors (Lipinski definition) is 3. The molecule has 112 valence electrons. The van der Waals surface area contributed by atoms with E-state index in [-0.39, 0.29) is 11.6 Å². The maximum Gasteiger partial charge on any atom is 0.273 e. The number of carbonyl (C=O) groups is 1. The van der Waals surface area contributed by atoms with E-state index in [4.69, 9.17) is 10.5 Å². The highest BCUT2D eigenvalue weighted by molar-refractivity contribution is 5.97. The van der Waals surface area contributed by atoms with E-state index in [1.807, 2.05) is 31.2 Å². The highest BCUT2D eigenvalue weighted by atomic mass is 16.5. The zero-order valence-electron chi connectivity index (χ0n) is 12.3. The van der Waals surface area contributed by atoms with Crippen molar-refractivity contribution in [2.24, 2.45) is 0 Å². The molecule has 0 spiro atoms. The van der Waals surface area contributed by atoms with Gasteiger partial charge in [-0.05, 0) is 30.5 Å². The Kier molecular flexibility index (Phi) is 4.81. The second kappa shape index (κ2) is 6.78. The predicted molar refractivity (Wildman–Crippen MR) is 81.4 cm³/mol. The number of nitrogens with one attached hydrogen (secondary N) is 2. The fourth-order valence-electron chi connectivity index (χ4n) is 2.03. The van der Waals surface area contributed by atoms with E-state index >= 15 is 0 Å². The van der Waals surface area contributed by atoms with Crippen molar-refractivity contribution in [2.75, 3.05) is 19.4 Å². The van der Waals surface area contributed by atoms with Crippen molar-refractivity contribution in [1.29, 1.82) is 0 Å². The number of rotatable bonds is 6. The van der Waals surface area contributed by atoms with Gasteiger partial charge in [-0.3, -0.25) is 9.89 Å². The number of aromatic amines is 1. The van der Waals surface area contributed by atoms with Crippen LogP contribution in [0.5, 0.6) is 5.75 Å². The molecule has 0 saturated heterocycles. The summed E-state index contributed by atoms with van der Waals surface area (Å²) >= 11 is 0. The number of H-pyrrole nitrogens is 1. The summed E-state index contributed by atoms with van der Waals surface area (Å²) in [4.78, 5) is 12.0. The molecule has 1 aromatic heterocycles. The van der Waals surface area contributed by atoms with Gasteiger partial charge in [0.2, 0.25) is 0 Å². The van der Waals surface area contributed by atoms with E-state index in [0.717, 1.165) is 29.8 Å². The molecular formula is C15H20N4O2. The van der Waals surface area contributed by atoms with Crippen molar-refractivity contribution in [1.82, 2.24) is 15.5 Å². The lowest BCUT2D eigenvalue weighted by Crippen LogP contribution is -2.26. The summed E-state index contributed by atoms with van der Waals surface area (Å²) in [6.45, 7) is 2.48. The normalized spacial score (nSPS) is 10.4. The number of hydrogen-bond acceptors (Lipinski definition) is 4. The molecule has 0 aliphatic rings. The molecule has 6 nitrogen and oxygen atoms in total. The Morgan fingerprint density at radius 2 is 2.10 bits per heavy atom. The van der Waals surface area contributed by atoms with E-state index in [1.54, 1.807) is 7.11 Å². The Labute approximate surface area is 123 Å². The number of nitrogens with two attached hydrogens (primary N) is 1. The van der Waals surface area contributed by atoms with Gasteiger partial charge in [0, 0.05) is 6.54 Å². The first-order valence-corrected chi connectivity index (χ1v) is 6.89. The average Bonchev–Trinajstić information content (AvgIpc) is 2.88. The number of benzene rings is 1. The Morgan fingerprint density at radius 3 is 2.67 bits per heavy atom. The van der Waals surface area contributed by atoms with Gasteiger partial charge in [-0.2, -0.15) is 5.10 Å². The lowest BCUT2D eigenvalue weighted by molar-refractivity contribution is 0.0950. The molecule has 0 unspecified atom stereocenters. The number of methoxy groups -OCH3 is 1. The maximum atomic E-state index is 12.0. The van der Waals surface area contributed by atoms with E-state index in [2.05, 4.69) is 15.5 Å². The molecule has 1 heterocycles. The summed E-state index contributed by atoms with van der Waals surface area (Å²) in [5.74, 6) is 0.566. The van der Waals surface area contributed by atoms with Crippen LogP contribution in [0.15, 0.2) is 24.3 Å². The summed E-state index contributed by atoms with van der Waals surface area (Å²) in [6, 6.07) is 7.75. The van der Waals surface area contributed by atoms with Crippen LogP contribution in [-0.2, 0) is 12.8 Å². The topological polar surface area (TPSA) is 93.0 Å². The molecule has 0 bridgehead atoms. The zero-order chi connectivity index (χ0) is 15.2. The van der Waals surface area contributed by atoms with Crippen molar-refractivity contribution >= 4 is 11.6 Å². The highest BCUT2D eigenvalue weighted by Crippen LogP contribution is 2.14. The quantitative estimate of drug-likeness (QED) is 0.751. The third-order valence-electron chi connectivity index (χ3n) is 3.31. The van der Waals surface area contributed by atoms with Crippen LogP contribution in [0.4, 0.5) is 5.69 Å². The van der Waals surface area contributed by atoms with E-state index < -0.39 is 0 Å². The van der Waals surface area contributed by atoms with Crippen LogP contribution in [-0.4, -0.2) is 29.8 Å². The molecule has 0 aliphatic heterocycles. The molecule has 0 aliphatic carbocycles. The van der Waals surface area contributed by atoms with Gasteiger partial charge in [-0.25, -0.2) is 0 Å². The van der Waals surface area contributed by atoms with Gasteiger partial charge in [-0.15, -0.1) is 0 Å². The molecule has 0 saturated carbocycles. The van der Waals surface area contributed by atoms with Crippen LogP contribution >= 0.6 is 0 Å². The molecule has 6 heteroatoms. The minimum atomic E-state index is -0.253. The van der Waals surface area contributed by atoms with Crippen molar-refractivity contribution < 1.29 is 9.53 Å². The third kappa shape index (κ3) is 3.53. The third-order valence-corrected chi connectivity index (χ3v) is 3.31. The number of ether oxygens (including phenoxy) is 1. The summed E-state index contributed by atoms with van der Waals surface area (Å²) in [7, 11) is 1.63. The van der Waals surface area contributed by atoms with Crippen LogP contribution in [0, 0.1) is 0 Å². The molecule has 21 heavy (non-hydrogen) atoms. The van der Waals surface area contributed by atoms with Crippen LogP contribution in [0.1, 0.15) is 28.7 Å². The van der Waals surface area contributed by atoms with Crippen molar-refractivity contribution in [3.05, 3.63) is 41.2 Å². The smallest absolute Gasteiger partial charge is 0.273 e. The Morgan fingerprint density at radius 1 is 1.38 bits per heavy atom. The fourth-order valence-corrected chi connectivity index (χ4v) is 2.03. The Balaban J connectivity index is 1.87. The molecule has 2 rings (SSSR count). The standard InChI is InChI=1S/C15H20N4O2/c1-3-12-13(16)14(19-18-12)15(20)17-9-8-10-4-6-11(21-2)7-5-10/h4-7H,3,8-9,16H2,1-2H3,(H,17,20)(H,18,19). The number of carbonyl (C=O) groups excluding carboxylic acids is 1.